The average Bonchev–Trinajstić information content (AvgIpc) is 3.48. The first-order valence-corrected chi connectivity index (χ1v) is 14.0. The van der Waals surface area contributed by atoms with Crippen molar-refractivity contribution in [3.8, 4) is 56.9 Å². The van der Waals surface area contributed by atoms with Crippen molar-refractivity contribution in [2.24, 2.45) is 0 Å². The first-order chi connectivity index (χ1) is 21.3. The second-order valence-corrected chi connectivity index (χ2v) is 10.1. The SMILES string of the molecule is c1ccc(-c2nc(-c3nc(-c4ccccc4)nc(-c4ccccc4)n3)cc(-c3cccc4oc5ccccc5c34)n2)cc1. The highest BCUT2D eigenvalue weighted by atomic mass is 16.3. The molecule has 0 atom stereocenters. The van der Waals surface area contributed by atoms with Crippen LogP contribution in [-0.4, -0.2) is 24.9 Å². The number of para-hydroxylation sites is 1. The lowest BCUT2D eigenvalue weighted by atomic mass is 10.0. The summed E-state index contributed by atoms with van der Waals surface area (Å²) in [5.74, 6) is 2.21. The zero-order valence-corrected chi connectivity index (χ0v) is 22.9. The summed E-state index contributed by atoms with van der Waals surface area (Å²) in [5, 5.41) is 2.04. The van der Waals surface area contributed by atoms with E-state index in [1.807, 2.05) is 127 Å². The fourth-order valence-corrected chi connectivity index (χ4v) is 5.33. The van der Waals surface area contributed by atoms with Gasteiger partial charge in [0.2, 0.25) is 0 Å². The van der Waals surface area contributed by atoms with Gasteiger partial charge < -0.3 is 4.42 Å². The van der Waals surface area contributed by atoms with Gasteiger partial charge in [0, 0.05) is 33.0 Å². The summed E-state index contributed by atoms with van der Waals surface area (Å²) in [4.78, 5) is 24.8. The molecule has 0 N–H and O–H groups in total. The van der Waals surface area contributed by atoms with Crippen molar-refractivity contribution < 1.29 is 4.42 Å². The molecule has 0 aliphatic carbocycles. The lowest BCUT2D eigenvalue weighted by molar-refractivity contribution is 0.669. The van der Waals surface area contributed by atoms with Crippen LogP contribution in [0.4, 0.5) is 0 Å². The number of hydrogen-bond donors (Lipinski definition) is 0. The summed E-state index contributed by atoms with van der Waals surface area (Å²) in [6, 6.07) is 45.9. The Balaban J connectivity index is 1.40. The summed E-state index contributed by atoms with van der Waals surface area (Å²) < 4.78 is 6.20. The highest BCUT2D eigenvalue weighted by Crippen LogP contribution is 2.37. The third-order valence-corrected chi connectivity index (χ3v) is 7.37. The lowest BCUT2D eigenvalue weighted by Crippen LogP contribution is -2.03. The van der Waals surface area contributed by atoms with Crippen molar-refractivity contribution in [1.82, 2.24) is 24.9 Å². The molecule has 8 rings (SSSR count). The Morgan fingerprint density at radius 2 is 0.860 bits per heavy atom. The van der Waals surface area contributed by atoms with Crippen molar-refractivity contribution in [1.29, 1.82) is 0 Å². The molecule has 0 aliphatic rings. The van der Waals surface area contributed by atoms with Gasteiger partial charge in [0.05, 0.1) is 5.69 Å². The van der Waals surface area contributed by atoms with E-state index < -0.39 is 0 Å². The van der Waals surface area contributed by atoms with Gasteiger partial charge in [-0.15, -0.1) is 0 Å². The minimum atomic E-state index is 0.470. The van der Waals surface area contributed by atoms with Crippen molar-refractivity contribution in [2.75, 3.05) is 0 Å². The minimum absolute atomic E-state index is 0.470. The number of aromatic nitrogens is 5. The summed E-state index contributed by atoms with van der Waals surface area (Å²) in [5.41, 5.74) is 6.64. The third kappa shape index (κ3) is 4.61. The zero-order valence-electron chi connectivity index (χ0n) is 22.9. The fourth-order valence-electron chi connectivity index (χ4n) is 5.33. The average molecular weight is 554 g/mol. The Hall–Kier alpha value is -6.01. The molecule has 43 heavy (non-hydrogen) atoms. The van der Waals surface area contributed by atoms with Crippen LogP contribution in [0.3, 0.4) is 0 Å². The van der Waals surface area contributed by atoms with Crippen LogP contribution in [0.5, 0.6) is 0 Å². The topological polar surface area (TPSA) is 77.6 Å². The number of hydrogen-bond acceptors (Lipinski definition) is 6. The summed E-state index contributed by atoms with van der Waals surface area (Å²) in [6.45, 7) is 0. The van der Waals surface area contributed by atoms with Gasteiger partial charge in [-0.2, -0.15) is 0 Å². The van der Waals surface area contributed by atoms with E-state index in [0.717, 1.165) is 49.9 Å². The molecule has 0 radical (unpaired) electrons. The van der Waals surface area contributed by atoms with Crippen LogP contribution in [0.25, 0.3) is 78.9 Å². The Morgan fingerprint density at radius 3 is 1.49 bits per heavy atom. The molecule has 0 saturated carbocycles. The van der Waals surface area contributed by atoms with E-state index in [1.165, 1.54) is 0 Å². The maximum atomic E-state index is 6.20. The minimum Gasteiger partial charge on any atom is -0.456 e. The van der Waals surface area contributed by atoms with Crippen molar-refractivity contribution in [3.63, 3.8) is 0 Å². The Labute approximate surface area is 247 Å². The van der Waals surface area contributed by atoms with Crippen LogP contribution in [0.15, 0.2) is 144 Å². The van der Waals surface area contributed by atoms with Crippen LogP contribution in [0.2, 0.25) is 0 Å². The second kappa shape index (κ2) is 10.4. The van der Waals surface area contributed by atoms with Crippen LogP contribution >= 0.6 is 0 Å². The predicted octanol–water partition coefficient (Wildman–Crippen LogP) is 8.90. The number of nitrogens with zero attached hydrogens (tertiary/aromatic N) is 5. The highest BCUT2D eigenvalue weighted by Gasteiger charge is 2.19. The van der Waals surface area contributed by atoms with E-state index in [0.29, 0.717) is 29.0 Å². The smallest absolute Gasteiger partial charge is 0.182 e. The number of fused-ring (bicyclic) bond motifs is 3. The standard InChI is InChI=1S/C37H23N5O/c1-4-13-24(14-5-1)34-38-29(27-20-12-22-32-33(27)28-19-10-11-21-31(28)43-32)23-30(39-34)37-41-35(25-15-6-2-7-16-25)40-36(42-37)26-17-8-3-9-18-26/h1-23H. The lowest BCUT2D eigenvalue weighted by Gasteiger charge is -2.11. The summed E-state index contributed by atoms with van der Waals surface area (Å²) in [7, 11) is 0. The van der Waals surface area contributed by atoms with E-state index in [9.17, 15) is 0 Å². The monoisotopic (exact) mass is 553 g/mol. The maximum absolute atomic E-state index is 6.20. The van der Waals surface area contributed by atoms with E-state index in [4.69, 9.17) is 29.3 Å². The summed E-state index contributed by atoms with van der Waals surface area (Å²) >= 11 is 0. The van der Waals surface area contributed by atoms with Gasteiger partial charge in [0.15, 0.2) is 23.3 Å². The molecule has 5 aromatic carbocycles. The Morgan fingerprint density at radius 1 is 0.372 bits per heavy atom. The molecule has 0 aliphatic heterocycles. The number of furan rings is 1. The molecule has 202 valence electrons. The summed E-state index contributed by atoms with van der Waals surface area (Å²) in [6.07, 6.45) is 0. The van der Waals surface area contributed by atoms with E-state index in [-0.39, 0.29) is 0 Å². The van der Waals surface area contributed by atoms with Crippen LogP contribution in [0.1, 0.15) is 0 Å². The Bertz CT molecular complexity index is 2170. The van der Waals surface area contributed by atoms with Gasteiger partial charge >= 0.3 is 0 Å². The van der Waals surface area contributed by atoms with Gasteiger partial charge in [-0.25, -0.2) is 24.9 Å². The van der Waals surface area contributed by atoms with Crippen molar-refractivity contribution in [2.45, 2.75) is 0 Å². The van der Waals surface area contributed by atoms with E-state index in [1.54, 1.807) is 0 Å². The van der Waals surface area contributed by atoms with Gasteiger partial charge in [-0.05, 0) is 18.2 Å². The largest absolute Gasteiger partial charge is 0.456 e. The zero-order chi connectivity index (χ0) is 28.6. The number of rotatable bonds is 5. The Kier molecular flexibility index (Phi) is 6.01. The quantitative estimate of drug-likeness (QED) is 0.212. The van der Waals surface area contributed by atoms with Gasteiger partial charge in [-0.3, -0.25) is 0 Å². The molecule has 8 aromatic rings. The van der Waals surface area contributed by atoms with Gasteiger partial charge in [0.1, 0.15) is 16.9 Å². The molecule has 3 heterocycles. The van der Waals surface area contributed by atoms with Crippen LogP contribution in [0, 0.1) is 0 Å². The first-order valence-electron chi connectivity index (χ1n) is 14.0. The molecule has 6 heteroatoms. The molecule has 0 bridgehead atoms. The number of benzene rings is 5. The molecule has 0 spiro atoms. The maximum Gasteiger partial charge on any atom is 0.182 e. The van der Waals surface area contributed by atoms with Gasteiger partial charge in [0.25, 0.3) is 0 Å². The molecule has 6 nitrogen and oxygen atoms in total. The normalized spacial score (nSPS) is 11.3. The molecule has 0 amide bonds. The van der Waals surface area contributed by atoms with E-state index >= 15 is 0 Å². The van der Waals surface area contributed by atoms with Gasteiger partial charge in [-0.1, -0.05) is 121 Å². The molecular formula is C37H23N5O. The predicted molar refractivity (Wildman–Crippen MR) is 170 cm³/mol. The molecular weight excluding hydrogens is 530 g/mol. The van der Waals surface area contributed by atoms with E-state index in [2.05, 4.69) is 12.1 Å². The first kappa shape index (κ1) is 24.8. The van der Waals surface area contributed by atoms with Crippen molar-refractivity contribution >= 4 is 21.9 Å². The molecule has 0 unspecified atom stereocenters. The molecule has 3 aromatic heterocycles. The van der Waals surface area contributed by atoms with Crippen molar-refractivity contribution in [3.05, 3.63) is 140 Å². The molecule has 0 fully saturated rings. The second-order valence-electron chi connectivity index (χ2n) is 10.1. The van der Waals surface area contributed by atoms with Crippen LogP contribution < -0.4 is 0 Å². The van der Waals surface area contributed by atoms with Crippen LogP contribution in [-0.2, 0) is 0 Å². The molecule has 0 saturated heterocycles. The fraction of sp³-hybridized carbons (Fsp3) is 0. The third-order valence-electron chi connectivity index (χ3n) is 7.37. The highest BCUT2D eigenvalue weighted by molar-refractivity contribution is 6.12.